The zero-order valence-corrected chi connectivity index (χ0v) is 28.4. The topological polar surface area (TPSA) is 30.3 Å². The van der Waals surface area contributed by atoms with Crippen LogP contribution >= 0.6 is 0 Å². The molecule has 9 aromatic rings. The molecule has 0 saturated heterocycles. The highest BCUT2D eigenvalue weighted by Gasteiger charge is 2.20. The number of nitrogens with zero attached hydrogens (tertiary/aromatic N) is 3. The van der Waals surface area contributed by atoms with Crippen LogP contribution in [0.3, 0.4) is 0 Å². The molecule has 0 aliphatic heterocycles. The SMILES string of the molecule is N#Cc1ccc(-c2ccc(N(c3ccccc3)c3cccc(N(c4ccccc4)c4cccc5ccc6c7ccccc7ccc6c45)c3)cc2)cc1. The first-order chi connectivity index (χ1) is 25.7. The molecule has 244 valence electrons. The van der Waals surface area contributed by atoms with Gasteiger partial charge >= 0.3 is 0 Å². The average molecular weight is 664 g/mol. The van der Waals surface area contributed by atoms with Crippen molar-refractivity contribution in [1.82, 2.24) is 0 Å². The zero-order valence-electron chi connectivity index (χ0n) is 28.4. The first kappa shape index (κ1) is 30.9. The summed E-state index contributed by atoms with van der Waals surface area (Å²) in [5, 5.41) is 16.7. The Morgan fingerprint density at radius 2 is 0.865 bits per heavy atom. The summed E-state index contributed by atoms with van der Waals surface area (Å²) >= 11 is 0. The lowest BCUT2D eigenvalue weighted by Crippen LogP contribution is -2.13. The zero-order chi connectivity index (χ0) is 34.9. The van der Waals surface area contributed by atoms with Gasteiger partial charge in [0.1, 0.15) is 0 Å². The molecule has 0 aliphatic carbocycles. The van der Waals surface area contributed by atoms with E-state index in [9.17, 15) is 5.26 Å². The van der Waals surface area contributed by atoms with Crippen LogP contribution in [0.2, 0.25) is 0 Å². The normalized spacial score (nSPS) is 11.1. The van der Waals surface area contributed by atoms with E-state index in [-0.39, 0.29) is 0 Å². The number of para-hydroxylation sites is 2. The van der Waals surface area contributed by atoms with Gasteiger partial charge in [-0.1, -0.05) is 127 Å². The highest BCUT2D eigenvalue weighted by molar-refractivity contribution is 6.21. The van der Waals surface area contributed by atoms with Gasteiger partial charge < -0.3 is 9.80 Å². The third-order valence-corrected chi connectivity index (χ3v) is 9.83. The predicted molar refractivity (Wildman–Crippen MR) is 218 cm³/mol. The molecule has 0 radical (unpaired) electrons. The second kappa shape index (κ2) is 13.3. The van der Waals surface area contributed by atoms with Crippen LogP contribution in [0.25, 0.3) is 43.4 Å². The second-order valence-electron chi connectivity index (χ2n) is 12.9. The van der Waals surface area contributed by atoms with E-state index in [4.69, 9.17) is 0 Å². The van der Waals surface area contributed by atoms with Crippen LogP contribution in [0.5, 0.6) is 0 Å². The molecule has 0 fully saturated rings. The predicted octanol–water partition coefficient (Wildman–Crippen LogP) is 13.6. The van der Waals surface area contributed by atoms with Gasteiger partial charge in [-0.3, -0.25) is 0 Å². The number of nitriles is 1. The smallest absolute Gasteiger partial charge is 0.0991 e. The van der Waals surface area contributed by atoms with Gasteiger partial charge in [-0.25, -0.2) is 0 Å². The molecule has 0 spiro atoms. The van der Waals surface area contributed by atoms with Crippen molar-refractivity contribution in [1.29, 1.82) is 5.26 Å². The van der Waals surface area contributed by atoms with Gasteiger partial charge in [0.15, 0.2) is 0 Å². The second-order valence-corrected chi connectivity index (χ2v) is 12.9. The van der Waals surface area contributed by atoms with Crippen molar-refractivity contribution in [2.75, 3.05) is 9.80 Å². The fourth-order valence-corrected chi connectivity index (χ4v) is 7.38. The van der Waals surface area contributed by atoms with Crippen LogP contribution < -0.4 is 9.80 Å². The van der Waals surface area contributed by atoms with Gasteiger partial charge in [-0.15, -0.1) is 0 Å². The number of rotatable bonds is 7. The molecule has 9 aromatic carbocycles. The number of fused-ring (bicyclic) bond motifs is 5. The van der Waals surface area contributed by atoms with Crippen LogP contribution in [0.1, 0.15) is 5.56 Å². The Morgan fingerprint density at radius 3 is 1.58 bits per heavy atom. The largest absolute Gasteiger partial charge is 0.310 e. The maximum Gasteiger partial charge on any atom is 0.0991 e. The van der Waals surface area contributed by atoms with Crippen LogP contribution in [0.4, 0.5) is 34.1 Å². The lowest BCUT2D eigenvalue weighted by Gasteiger charge is -2.30. The maximum absolute atomic E-state index is 9.26. The lowest BCUT2D eigenvalue weighted by molar-refractivity contribution is 1.25. The summed E-state index contributed by atoms with van der Waals surface area (Å²) in [6, 6.07) is 72.9. The Labute approximate surface area is 303 Å². The van der Waals surface area contributed by atoms with E-state index >= 15 is 0 Å². The quantitative estimate of drug-likeness (QED) is 0.159. The molecule has 0 atom stereocenters. The Hall–Kier alpha value is -7.15. The van der Waals surface area contributed by atoms with E-state index in [1.807, 2.05) is 24.3 Å². The van der Waals surface area contributed by atoms with Gasteiger partial charge in [-0.2, -0.15) is 5.26 Å². The van der Waals surface area contributed by atoms with Crippen LogP contribution in [-0.2, 0) is 0 Å². The summed E-state index contributed by atoms with van der Waals surface area (Å²) in [6.45, 7) is 0. The molecule has 3 nitrogen and oxygen atoms in total. The Bertz CT molecular complexity index is 2730. The Kier molecular flexibility index (Phi) is 7.89. The lowest BCUT2D eigenvalue weighted by atomic mass is 9.95. The van der Waals surface area contributed by atoms with Crippen molar-refractivity contribution in [3.8, 4) is 17.2 Å². The number of hydrogen-bond acceptors (Lipinski definition) is 3. The van der Waals surface area contributed by atoms with Gasteiger partial charge in [0.2, 0.25) is 0 Å². The minimum absolute atomic E-state index is 0.658. The first-order valence-electron chi connectivity index (χ1n) is 17.5. The number of hydrogen-bond donors (Lipinski definition) is 0. The minimum Gasteiger partial charge on any atom is -0.310 e. The van der Waals surface area contributed by atoms with Crippen molar-refractivity contribution in [3.63, 3.8) is 0 Å². The summed E-state index contributed by atoms with van der Waals surface area (Å²) in [6.07, 6.45) is 0. The van der Waals surface area contributed by atoms with Gasteiger partial charge in [0, 0.05) is 33.8 Å². The van der Waals surface area contributed by atoms with Crippen LogP contribution in [0, 0.1) is 11.3 Å². The third-order valence-electron chi connectivity index (χ3n) is 9.83. The Morgan fingerprint density at radius 1 is 0.346 bits per heavy atom. The third kappa shape index (κ3) is 5.59. The summed E-state index contributed by atoms with van der Waals surface area (Å²) in [4.78, 5) is 4.69. The van der Waals surface area contributed by atoms with E-state index in [2.05, 4.69) is 192 Å². The fourth-order valence-electron chi connectivity index (χ4n) is 7.38. The fraction of sp³-hybridized carbons (Fsp3) is 0. The van der Waals surface area contributed by atoms with Crippen LogP contribution in [0.15, 0.2) is 200 Å². The van der Waals surface area contributed by atoms with E-state index in [1.165, 1.54) is 32.3 Å². The van der Waals surface area contributed by atoms with Gasteiger partial charge in [-0.05, 0) is 111 Å². The van der Waals surface area contributed by atoms with Crippen molar-refractivity contribution >= 4 is 66.4 Å². The Balaban J connectivity index is 1.21. The molecule has 3 heteroatoms. The molecule has 0 amide bonds. The summed E-state index contributed by atoms with van der Waals surface area (Å²) < 4.78 is 0. The molecule has 0 heterocycles. The van der Waals surface area contributed by atoms with Crippen molar-refractivity contribution < 1.29 is 0 Å². The van der Waals surface area contributed by atoms with E-state index in [1.54, 1.807) is 0 Å². The molecule has 0 unspecified atom stereocenters. The van der Waals surface area contributed by atoms with Crippen molar-refractivity contribution in [2.45, 2.75) is 0 Å². The molecule has 9 rings (SSSR count). The number of benzene rings is 9. The van der Waals surface area contributed by atoms with Gasteiger partial charge in [0.05, 0.1) is 17.3 Å². The average Bonchev–Trinajstić information content (AvgIpc) is 3.22. The van der Waals surface area contributed by atoms with Crippen LogP contribution in [-0.4, -0.2) is 0 Å². The van der Waals surface area contributed by atoms with Crippen molar-refractivity contribution in [2.24, 2.45) is 0 Å². The highest BCUT2D eigenvalue weighted by Crippen LogP contribution is 2.45. The molecule has 0 saturated carbocycles. The molecular formula is C49H33N3. The molecule has 52 heavy (non-hydrogen) atoms. The molecular weight excluding hydrogens is 631 g/mol. The molecule has 0 bridgehead atoms. The number of anilines is 6. The highest BCUT2D eigenvalue weighted by atomic mass is 15.2. The monoisotopic (exact) mass is 663 g/mol. The summed E-state index contributed by atoms with van der Waals surface area (Å²) in [5.74, 6) is 0. The van der Waals surface area contributed by atoms with E-state index < -0.39 is 0 Å². The first-order valence-corrected chi connectivity index (χ1v) is 17.5. The molecule has 0 aromatic heterocycles. The standard InChI is InChI=1S/C49H33N3/c50-34-35-21-23-36(24-22-35)37-25-29-42(30-26-37)51(40-13-3-1-4-14-40)43-17-10-18-44(33-43)52(41-15-5-2-6-16-41)48-20-9-12-39-28-31-46-45-19-8-7-11-38(45)27-32-47(46)49(39)48/h1-33H. The van der Waals surface area contributed by atoms with Crippen molar-refractivity contribution in [3.05, 3.63) is 206 Å². The summed E-state index contributed by atoms with van der Waals surface area (Å²) in [5.41, 5.74) is 9.27. The van der Waals surface area contributed by atoms with E-state index in [0.29, 0.717) is 5.56 Å². The maximum atomic E-state index is 9.26. The molecule has 0 aliphatic rings. The molecule has 0 N–H and O–H groups in total. The summed E-state index contributed by atoms with van der Waals surface area (Å²) in [7, 11) is 0. The van der Waals surface area contributed by atoms with Gasteiger partial charge in [0.25, 0.3) is 0 Å². The van der Waals surface area contributed by atoms with E-state index in [0.717, 1.165) is 45.3 Å². The minimum atomic E-state index is 0.658.